The summed E-state index contributed by atoms with van der Waals surface area (Å²) in [5.41, 5.74) is 2.06. The standard InChI is InChI=1S/C21H26O3/c1-20-9-7-14(23)11-13(20)3-4-15-16-5-6-18(19(24)12-22)21(16,2)10-8-17(15)20/h3-4,6,11,15-17,22H,5,7-10,12H2,1-2H3/t15-,16-,17-,20-,21-/m0/s1. The Hall–Kier alpha value is -1.48. The number of aliphatic hydroxyl groups is 1. The van der Waals surface area contributed by atoms with E-state index in [1.807, 2.05) is 6.08 Å². The molecule has 0 spiro atoms. The zero-order valence-corrected chi connectivity index (χ0v) is 14.5. The van der Waals surface area contributed by atoms with Crippen molar-refractivity contribution in [2.75, 3.05) is 6.61 Å². The first kappa shape index (κ1) is 16.0. The van der Waals surface area contributed by atoms with E-state index >= 15 is 0 Å². The maximum absolute atomic E-state index is 12.2. The van der Waals surface area contributed by atoms with Crippen LogP contribution in [0.15, 0.2) is 35.5 Å². The molecule has 0 aromatic carbocycles. The van der Waals surface area contributed by atoms with Crippen molar-refractivity contribution in [2.45, 2.75) is 46.0 Å². The number of rotatable bonds is 2. The zero-order valence-electron chi connectivity index (χ0n) is 14.5. The van der Waals surface area contributed by atoms with Crippen LogP contribution in [0.2, 0.25) is 0 Å². The molecule has 3 nitrogen and oxygen atoms in total. The maximum atomic E-state index is 12.2. The number of aliphatic hydroxyl groups excluding tert-OH is 1. The molecule has 5 atom stereocenters. The summed E-state index contributed by atoms with van der Waals surface area (Å²) >= 11 is 0. The maximum Gasteiger partial charge on any atom is 0.184 e. The fourth-order valence-electron chi connectivity index (χ4n) is 6.09. The minimum Gasteiger partial charge on any atom is -0.388 e. The summed E-state index contributed by atoms with van der Waals surface area (Å²) in [6, 6.07) is 0. The van der Waals surface area contributed by atoms with Crippen LogP contribution in [0.25, 0.3) is 0 Å². The van der Waals surface area contributed by atoms with Crippen LogP contribution in [0.3, 0.4) is 0 Å². The van der Waals surface area contributed by atoms with E-state index in [1.165, 1.54) is 5.57 Å². The van der Waals surface area contributed by atoms with Crippen molar-refractivity contribution in [3.63, 3.8) is 0 Å². The van der Waals surface area contributed by atoms with Gasteiger partial charge in [0.15, 0.2) is 11.6 Å². The molecule has 0 saturated heterocycles. The van der Waals surface area contributed by atoms with Gasteiger partial charge in [0.25, 0.3) is 0 Å². The largest absolute Gasteiger partial charge is 0.388 e. The third kappa shape index (κ3) is 2.00. The first-order valence-corrected chi connectivity index (χ1v) is 9.18. The van der Waals surface area contributed by atoms with Gasteiger partial charge in [0.05, 0.1) is 0 Å². The number of Topliss-reactive ketones (excluding diaryl/α,β-unsaturated/α-hetero) is 1. The third-order valence-electron chi connectivity index (χ3n) is 7.54. The van der Waals surface area contributed by atoms with Crippen LogP contribution >= 0.6 is 0 Å². The molecule has 128 valence electrons. The summed E-state index contributed by atoms with van der Waals surface area (Å²) in [6.07, 6.45) is 13.0. The highest BCUT2D eigenvalue weighted by Gasteiger charge is 2.56. The van der Waals surface area contributed by atoms with Crippen LogP contribution < -0.4 is 0 Å². The Bertz CT molecular complexity index is 698. The van der Waals surface area contributed by atoms with Crippen molar-refractivity contribution in [2.24, 2.45) is 28.6 Å². The molecule has 0 amide bonds. The molecule has 4 aliphatic rings. The number of carbonyl (C=O) groups is 2. The minimum atomic E-state index is -0.384. The molecule has 3 heteroatoms. The monoisotopic (exact) mass is 326 g/mol. The first-order valence-electron chi connectivity index (χ1n) is 9.18. The highest BCUT2D eigenvalue weighted by Crippen LogP contribution is 2.63. The molecule has 0 unspecified atom stereocenters. The van der Waals surface area contributed by atoms with Crippen molar-refractivity contribution < 1.29 is 14.7 Å². The second-order valence-electron chi connectivity index (χ2n) is 8.52. The molecule has 0 aliphatic heterocycles. The normalized spacial score (nSPS) is 43.5. The highest BCUT2D eigenvalue weighted by molar-refractivity contribution is 5.98. The van der Waals surface area contributed by atoms with Gasteiger partial charge in [-0.15, -0.1) is 0 Å². The summed E-state index contributed by atoms with van der Waals surface area (Å²) in [6.45, 7) is 4.16. The van der Waals surface area contributed by atoms with Crippen molar-refractivity contribution in [1.82, 2.24) is 0 Å². The van der Waals surface area contributed by atoms with E-state index in [0.29, 0.717) is 24.2 Å². The molecule has 1 saturated carbocycles. The predicted molar refractivity (Wildman–Crippen MR) is 92.2 cm³/mol. The van der Waals surface area contributed by atoms with Crippen LogP contribution in [0, 0.1) is 28.6 Å². The smallest absolute Gasteiger partial charge is 0.184 e. The van der Waals surface area contributed by atoms with Crippen molar-refractivity contribution in [3.8, 4) is 0 Å². The van der Waals surface area contributed by atoms with Gasteiger partial charge in [0.1, 0.15) is 6.61 Å². The van der Waals surface area contributed by atoms with Crippen LogP contribution in [0.5, 0.6) is 0 Å². The summed E-state index contributed by atoms with van der Waals surface area (Å²) in [5.74, 6) is 1.60. The number of hydrogen-bond donors (Lipinski definition) is 1. The number of ketones is 2. The van der Waals surface area contributed by atoms with Gasteiger partial charge in [0, 0.05) is 6.42 Å². The van der Waals surface area contributed by atoms with E-state index in [2.05, 4.69) is 32.1 Å². The molecular formula is C21H26O3. The number of allylic oxidation sites excluding steroid dienone is 5. The second-order valence-corrected chi connectivity index (χ2v) is 8.52. The lowest BCUT2D eigenvalue weighted by atomic mass is 9.48. The molecular weight excluding hydrogens is 300 g/mol. The van der Waals surface area contributed by atoms with Crippen LogP contribution in [0.1, 0.15) is 46.0 Å². The molecule has 0 radical (unpaired) electrons. The molecule has 0 heterocycles. The van der Waals surface area contributed by atoms with Gasteiger partial charge >= 0.3 is 0 Å². The van der Waals surface area contributed by atoms with E-state index in [4.69, 9.17) is 0 Å². The van der Waals surface area contributed by atoms with E-state index in [9.17, 15) is 14.7 Å². The van der Waals surface area contributed by atoms with Gasteiger partial charge in [0.2, 0.25) is 0 Å². The topological polar surface area (TPSA) is 54.4 Å². The van der Waals surface area contributed by atoms with Gasteiger partial charge in [-0.25, -0.2) is 0 Å². The van der Waals surface area contributed by atoms with Gasteiger partial charge in [-0.3, -0.25) is 9.59 Å². The van der Waals surface area contributed by atoms with Gasteiger partial charge in [-0.1, -0.05) is 32.1 Å². The number of hydrogen-bond acceptors (Lipinski definition) is 3. The molecule has 0 aromatic rings. The molecule has 1 fully saturated rings. The number of carbonyl (C=O) groups excluding carboxylic acids is 2. The van der Waals surface area contributed by atoms with Gasteiger partial charge < -0.3 is 5.11 Å². The van der Waals surface area contributed by atoms with Gasteiger partial charge in [-0.2, -0.15) is 0 Å². The van der Waals surface area contributed by atoms with Gasteiger partial charge in [-0.05, 0) is 71.5 Å². The van der Waals surface area contributed by atoms with E-state index in [0.717, 1.165) is 31.3 Å². The third-order valence-corrected chi connectivity index (χ3v) is 7.54. The number of fused-ring (bicyclic) bond motifs is 5. The average molecular weight is 326 g/mol. The quantitative estimate of drug-likeness (QED) is 0.846. The molecule has 4 rings (SSSR count). The Kier molecular flexibility index (Phi) is 3.51. The lowest BCUT2D eigenvalue weighted by molar-refractivity contribution is -0.120. The summed E-state index contributed by atoms with van der Waals surface area (Å²) < 4.78 is 0. The summed E-state index contributed by atoms with van der Waals surface area (Å²) in [5, 5.41) is 9.31. The summed E-state index contributed by atoms with van der Waals surface area (Å²) in [4.78, 5) is 24.0. The fourth-order valence-corrected chi connectivity index (χ4v) is 6.09. The Morgan fingerprint density at radius 2 is 2.04 bits per heavy atom. The van der Waals surface area contributed by atoms with E-state index in [-0.39, 0.29) is 29.0 Å². The predicted octanol–water partition coefficient (Wildman–Crippen LogP) is 3.39. The highest BCUT2D eigenvalue weighted by atomic mass is 16.3. The Morgan fingerprint density at radius 3 is 2.79 bits per heavy atom. The van der Waals surface area contributed by atoms with Crippen molar-refractivity contribution in [3.05, 3.63) is 35.5 Å². The van der Waals surface area contributed by atoms with Crippen molar-refractivity contribution >= 4 is 11.6 Å². The fraction of sp³-hybridized carbons (Fsp3) is 0.619. The minimum absolute atomic E-state index is 0.0956. The molecule has 0 bridgehead atoms. The Balaban J connectivity index is 1.71. The van der Waals surface area contributed by atoms with Crippen LogP contribution in [-0.2, 0) is 9.59 Å². The van der Waals surface area contributed by atoms with Crippen LogP contribution in [-0.4, -0.2) is 23.3 Å². The molecule has 24 heavy (non-hydrogen) atoms. The molecule has 0 aromatic heterocycles. The summed E-state index contributed by atoms with van der Waals surface area (Å²) in [7, 11) is 0. The average Bonchev–Trinajstić information content (AvgIpc) is 2.92. The zero-order chi connectivity index (χ0) is 17.1. The molecule has 1 N–H and O–H groups in total. The first-order chi connectivity index (χ1) is 11.4. The Labute approximate surface area is 143 Å². The SMILES string of the molecule is C[C@]12CCC(=O)C=C1C=C[C@@H]1[C@@H]2CC[C@]2(C)C(C(=O)CO)=CC[C@@H]12. The lowest BCUT2D eigenvalue weighted by Gasteiger charge is -2.55. The molecule has 4 aliphatic carbocycles. The van der Waals surface area contributed by atoms with E-state index in [1.54, 1.807) is 0 Å². The lowest BCUT2D eigenvalue weighted by Crippen LogP contribution is -2.49. The second kappa shape index (κ2) is 5.26. The van der Waals surface area contributed by atoms with Crippen LogP contribution in [0.4, 0.5) is 0 Å². The Morgan fingerprint density at radius 1 is 1.25 bits per heavy atom. The van der Waals surface area contributed by atoms with E-state index < -0.39 is 0 Å². The van der Waals surface area contributed by atoms with Crippen molar-refractivity contribution in [1.29, 1.82) is 0 Å².